The second-order valence-corrected chi connectivity index (χ2v) is 4.98. The van der Waals surface area contributed by atoms with E-state index in [0.29, 0.717) is 25.8 Å². The van der Waals surface area contributed by atoms with Crippen LogP contribution in [-0.2, 0) is 20.7 Å². The third kappa shape index (κ3) is 3.36. The third-order valence-corrected chi connectivity index (χ3v) is 3.67. The number of ether oxygens (including phenoxy) is 1. The van der Waals surface area contributed by atoms with Gasteiger partial charge in [-0.05, 0) is 12.0 Å². The van der Waals surface area contributed by atoms with Crippen LogP contribution in [0, 0.1) is 0 Å². The first-order chi connectivity index (χ1) is 9.61. The molecule has 1 aromatic rings. The van der Waals surface area contributed by atoms with Crippen molar-refractivity contribution in [3.63, 3.8) is 0 Å². The minimum Gasteiger partial charge on any atom is -0.480 e. The fraction of sp³-hybridized carbons (Fsp3) is 0.467. The SMILES string of the molecule is COC1CC(C(=O)O)N(C(=O)CCc2ccccc2)C1. The molecule has 0 aromatic heterocycles. The largest absolute Gasteiger partial charge is 0.480 e. The van der Waals surface area contributed by atoms with E-state index in [-0.39, 0.29) is 12.0 Å². The summed E-state index contributed by atoms with van der Waals surface area (Å²) in [7, 11) is 1.54. The zero-order chi connectivity index (χ0) is 14.5. The number of hydrogen-bond acceptors (Lipinski definition) is 3. The molecule has 20 heavy (non-hydrogen) atoms. The second kappa shape index (κ2) is 6.52. The highest BCUT2D eigenvalue weighted by Crippen LogP contribution is 2.21. The van der Waals surface area contributed by atoms with Crippen molar-refractivity contribution in [2.45, 2.75) is 31.4 Å². The normalized spacial score (nSPS) is 21.9. The van der Waals surface area contributed by atoms with Gasteiger partial charge in [0.1, 0.15) is 6.04 Å². The van der Waals surface area contributed by atoms with Crippen LogP contribution < -0.4 is 0 Å². The van der Waals surface area contributed by atoms with Crippen molar-refractivity contribution in [2.24, 2.45) is 0 Å². The monoisotopic (exact) mass is 277 g/mol. The lowest BCUT2D eigenvalue weighted by Gasteiger charge is -2.21. The Morgan fingerprint density at radius 3 is 2.65 bits per heavy atom. The maximum absolute atomic E-state index is 12.2. The zero-order valence-corrected chi connectivity index (χ0v) is 11.5. The van der Waals surface area contributed by atoms with Crippen LogP contribution in [0.25, 0.3) is 0 Å². The summed E-state index contributed by atoms with van der Waals surface area (Å²) >= 11 is 0. The number of rotatable bonds is 5. The quantitative estimate of drug-likeness (QED) is 0.881. The standard InChI is InChI=1S/C15H19NO4/c1-20-12-9-13(15(18)19)16(10-12)14(17)8-7-11-5-3-2-4-6-11/h2-6,12-13H,7-10H2,1H3,(H,18,19). The highest BCUT2D eigenvalue weighted by atomic mass is 16.5. The number of amides is 1. The maximum Gasteiger partial charge on any atom is 0.326 e. The van der Waals surface area contributed by atoms with E-state index in [1.54, 1.807) is 7.11 Å². The van der Waals surface area contributed by atoms with E-state index in [0.717, 1.165) is 5.56 Å². The summed E-state index contributed by atoms with van der Waals surface area (Å²) in [4.78, 5) is 24.8. The topological polar surface area (TPSA) is 66.8 Å². The summed E-state index contributed by atoms with van der Waals surface area (Å²) in [5.41, 5.74) is 1.08. The Hall–Kier alpha value is -1.88. The summed E-state index contributed by atoms with van der Waals surface area (Å²) in [6.07, 6.45) is 1.13. The highest BCUT2D eigenvalue weighted by molar-refractivity contribution is 5.84. The number of aryl methyl sites for hydroxylation is 1. The first-order valence-corrected chi connectivity index (χ1v) is 6.71. The smallest absolute Gasteiger partial charge is 0.326 e. The fourth-order valence-corrected chi connectivity index (χ4v) is 2.52. The summed E-state index contributed by atoms with van der Waals surface area (Å²) in [5.74, 6) is -1.08. The van der Waals surface area contributed by atoms with E-state index in [2.05, 4.69) is 0 Å². The maximum atomic E-state index is 12.2. The predicted molar refractivity (Wildman–Crippen MR) is 73.3 cm³/mol. The molecule has 1 aromatic carbocycles. The molecule has 0 spiro atoms. The van der Waals surface area contributed by atoms with Crippen LogP contribution in [-0.4, -0.2) is 47.7 Å². The predicted octanol–water partition coefficient (Wildman–Crippen LogP) is 1.32. The summed E-state index contributed by atoms with van der Waals surface area (Å²) in [6, 6.07) is 8.94. The summed E-state index contributed by atoms with van der Waals surface area (Å²) < 4.78 is 5.18. The number of methoxy groups -OCH3 is 1. The lowest BCUT2D eigenvalue weighted by atomic mass is 10.1. The van der Waals surface area contributed by atoms with Gasteiger partial charge in [0, 0.05) is 26.5 Å². The Balaban J connectivity index is 1.95. The van der Waals surface area contributed by atoms with Crippen molar-refractivity contribution in [1.82, 2.24) is 4.90 Å². The number of benzene rings is 1. The van der Waals surface area contributed by atoms with Gasteiger partial charge < -0.3 is 14.7 Å². The molecule has 0 saturated carbocycles. The Kier molecular flexibility index (Phi) is 4.74. The van der Waals surface area contributed by atoms with Crippen molar-refractivity contribution in [2.75, 3.05) is 13.7 Å². The molecule has 1 heterocycles. The Morgan fingerprint density at radius 1 is 1.35 bits per heavy atom. The van der Waals surface area contributed by atoms with Crippen molar-refractivity contribution in [3.8, 4) is 0 Å². The molecule has 1 fully saturated rings. The van der Waals surface area contributed by atoms with Crippen LogP contribution in [0.4, 0.5) is 0 Å². The lowest BCUT2D eigenvalue weighted by molar-refractivity contribution is -0.148. The first kappa shape index (κ1) is 14.5. The molecule has 0 bridgehead atoms. The van der Waals surface area contributed by atoms with Gasteiger partial charge in [0.2, 0.25) is 5.91 Å². The van der Waals surface area contributed by atoms with Crippen molar-refractivity contribution in [3.05, 3.63) is 35.9 Å². The van der Waals surface area contributed by atoms with E-state index < -0.39 is 12.0 Å². The van der Waals surface area contributed by atoms with E-state index in [1.165, 1.54) is 4.90 Å². The van der Waals surface area contributed by atoms with Gasteiger partial charge in [-0.25, -0.2) is 4.79 Å². The van der Waals surface area contributed by atoms with Crippen LogP contribution in [0.3, 0.4) is 0 Å². The number of likely N-dealkylation sites (tertiary alicyclic amines) is 1. The number of aliphatic carboxylic acids is 1. The molecule has 5 nitrogen and oxygen atoms in total. The van der Waals surface area contributed by atoms with Gasteiger partial charge in [-0.1, -0.05) is 30.3 Å². The molecule has 5 heteroatoms. The van der Waals surface area contributed by atoms with E-state index in [1.807, 2.05) is 30.3 Å². The van der Waals surface area contributed by atoms with Gasteiger partial charge in [0.15, 0.2) is 0 Å². The number of carboxylic acids is 1. The Labute approximate surface area is 118 Å². The van der Waals surface area contributed by atoms with Crippen LogP contribution in [0.2, 0.25) is 0 Å². The molecule has 0 aliphatic carbocycles. The minimum absolute atomic E-state index is 0.124. The van der Waals surface area contributed by atoms with Crippen LogP contribution >= 0.6 is 0 Å². The highest BCUT2D eigenvalue weighted by Gasteiger charge is 2.39. The first-order valence-electron chi connectivity index (χ1n) is 6.71. The summed E-state index contributed by atoms with van der Waals surface area (Å²) in [5, 5.41) is 9.18. The van der Waals surface area contributed by atoms with Gasteiger partial charge >= 0.3 is 5.97 Å². The molecule has 2 atom stereocenters. The Morgan fingerprint density at radius 2 is 2.05 bits per heavy atom. The molecular formula is C15H19NO4. The number of carbonyl (C=O) groups excluding carboxylic acids is 1. The van der Waals surface area contributed by atoms with Gasteiger partial charge in [0.25, 0.3) is 0 Å². The zero-order valence-electron chi connectivity index (χ0n) is 11.5. The second-order valence-electron chi connectivity index (χ2n) is 4.98. The molecular weight excluding hydrogens is 258 g/mol. The summed E-state index contributed by atoms with van der Waals surface area (Å²) in [6.45, 7) is 0.362. The van der Waals surface area contributed by atoms with Crippen molar-refractivity contribution < 1.29 is 19.4 Å². The molecule has 0 radical (unpaired) electrons. The lowest BCUT2D eigenvalue weighted by Crippen LogP contribution is -2.40. The molecule has 108 valence electrons. The van der Waals surface area contributed by atoms with E-state index >= 15 is 0 Å². The van der Waals surface area contributed by atoms with Gasteiger partial charge in [-0.15, -0.1) is 0 Å². The van der Waals surface area contributed by atoms with E-state index in [4.69, 9.17) is 4.74 Å². The molecule has 2 rings (SSSR count). The van der Waals surface area contributed by atoms with Crippen molar-refractivity contribution in [1.29, 1.82) is 0 Å². The van der Waals surface area contributed by atoms with E-state index in [9.17, 15) is 14.7 Å². The molecule has 1 aliphatic rings. The Bertz CT molecular complexity index is 474. The van der Waals surface area contributed by atoms with Gasteiger partial charge in [0.05, 0.1) is 6.10 Å². The number of carboxylic acid groups (broad SMARTS) is 1. The molecule has 2 unspecified atom stereocenters. The van der Waals surface area contributed by atoms with Crippen LogP contribution in [0.5, 0.6) is 0 Å². The molecule has 1 saturated heterocycles. The van der Waals surface area contributed by atoms with Crippen LogP contribution in [0.1, 0.15) is 18.4 Å². The molecule has 1 amide bonds. The average Bonchev–Trinajstić information content (AvgIpc) is 2.90. The van der Waals surface area contributed by atoms with Crippen LogP contribution in [0.15, 0.2) is 30.3 Å². The van der Waals surface area contributed by atoms with Gasteiger partial charge in [-0.2, -0.15) is 0 Å². The fourth-order valence-electron chi connectivity index (χ4n) is 2.52. The molecule has 1 aliphatic heterocycles. The third-order valence-electron chi connectivity index (χ3n) is 3.67. The minimum atomic E-state index is -0.961. The van der Waals surface area contributed by atoms with Gasteiger partial charge in [-0.3, -0.25) is 4.79 Å². The van der Waals surface area contributed by atoms with Crippen molar-refractivity contribution >= 4 is 11.9 Å². The molecule has 1 N–H and O–H groups in total. The number of hydrogen-bond donors (Lipinski definition) is 1. The number of nitrogens with zero attached hydrogens (tertiary/aromatic N) is 1. The number of carbonyl (C=O) groups is 2. The average molecular weight is 277 g/mol.